The van der Waals surface area contributed by atoms with E-state index in [1.54, 1.807) is 6.92 Å². The molecule has 106 valence electrons. The van der Waals surface area contributed by atoms with Crippen LogP contribution >= 0.6 is 0 Å². The highest BCUT2D eigenvalue weighted by Gasteiger charge is 2.13. The minimum absolute atomic E-state index is 0.0143. The monoisotopic (exact) mass is 256 g/mol. The Bertz CT molecular complexity index is 226. The molecule has 0 aromatic heterocycles. The largest absolute Gasteiger partial charge is 0.369 e. The Balaban J connectivity index is 2.05. The summed E-state index contributed by atoms with van der Waals surface area (Å²) in [6, 6.07) is 0.647. The molecule has 1 aliphatic carbocycles. The summed E-state index contributed by atoms with van der Waals surface area (Å²) in [4.78, 5) is 11.6. The summed E-state index contributed by atoms with van der Waals surface area (Å²) >= 11 is 0. The maximum atomic E-state index is 11.6. The highest BCUT2D eigenvalue weighted by Crippen LogP contribution is 2.16. The molecule has 18 heavy (non-hydrogen) atoms. The van der Waals surface area contributed by atoms with Crippen molar-refractivity contribution in [3.63, 3.8) is 0 Å². The second-order valence-corrected chi connectivity index (χ2v) is 5.03. The van der Waals surface area contributed by atoms with Gasteiger partial charge in [-0.2, -0.15) is 0 Å². The second kappa shape index (κ2) is 9.34. The second-order valence-electron chi connectivity index (χ2n) is 5.03. The fraction of sp³-hybridized carbons (Fsp3) is 0.929. The lowest BCUT2D eigenvalue weighted by Gasteiger charge is -2.17. The highest BCUT2D eigenvalue weighted by atomic mass is 16.5. The minimum atomic E-state index is -0.340. The molecule has 0 bridgehead atoms. The van der Waals surface area contributed by atoms with E-state index in [1.807, 2.05) is 6.92 Å². The van der Waals surface area contributed by atoms with E-state index in [0.29, 0.717) is 19.2 Å². The molecule has 0 aliphatic heterocycles. The lowest BCUT2D eigenvalue weighted by atomic mass is 10.1. The van der Waals surface area contributed by atoms with Gasteiger partial charge >= 0.3 is 0 Å². The summed E-state index contributed by atoms with van der Waals surface area (Å²) in [5.41, 5.74) is 0. The molecule has 1 atom stereocenters. The van der Waals surface area contributed by atoms with Gasteiger partial charge in [-0.25, -0.2) is 0 Å². The van der Waals surface area contributed by atoms with Gasteiger partial charge in [-0.3, -0.25) is 4.79 Å². The summed E-state index contributed by atoms with van der Waals surface area (Å²) in [6.07, 6.45) is 7.65. The molecule has 0 saturated heterocycles. The van der Waals surface area contributed by atoms with E-state index in [0.717, 1.165) is 6.54 Å². The Morgan fingerprint density at radius 2 is 1.89 bits per heavy atom. The molecule has 1 saturated carbocycles. The van der Waals surface area contributed by atoms with Gasteiger partial charge in [0.25, 0.3) is 0 Å². The molecule has 0 aromatic carbocycles. The fourth-order valence-electron chi connectivity index (χ4n) is 2.41. The van der Waals surface area contributed by atoms with E-state index in [-0.39, 0.29) is 12.0 Å². The molecule has 0 aromatic rings. The van der Waals surface area contributed by atoms with Crippen molar-refractivity contribution in [2.24, 2.45) is 0 Å². The van der Waals surface area contributed by atoms with Crippen molar-refractivity contribution in [3.8, 4) is 0 Å². The molecule has 1 rings (SSSR count). The Hall–Kier alpha value is -0.610. The molecular weight excluding hydrogens is 228 g/mol. The predicted octanol–water partition coefficient (Wildman–Crippen LogP) is 1.84. The number of amides is 1. The van der Waals surface area contributed by atoms with E-state index < -0.39 is 0 Å². The molecule has 4 nitrogen and oxygen atoms in total. The zero-order valence-corrected chi connectivity index (χ0v) is 11.8. The third-order valence-electron chi connectivity index (χ3n) is 3.50. The predicted molar refractivity (Wildman–Crippen MR) is 73.6 cm³/mol. The van der Waals surface area contributed by atoms with E-state index in [1.165, 1.54) is 38.5 Å². The molecule has 4 heteroatoms. The van der Waals surface area contributed by atoms with Gasteiger partial charge in [0.05, 0.1) is 0 Å². The van der Waals surface area contributed by atoms with Crippen molar-refractivity contribution in [3.05, 3.63) is 0 Å². The topological polar surface area (TPSA) is 50.4 Å². The first-order valence-electron chi connectivity index (χ1n) is 7.36. The summed E-state index contributed by atoms with van der Waals surface area (Å²) < 4.78 is 5.23. The van der Waals surface area contributed by atoms with Crippen molar-refractivity contribution in [1.29, 1.82) is 0 Å². The quantitative estimate of drug-likeness (QED) is 0.540. The van der Waals surface area contributed by atoms with Crippen LogP contribution in [-0.2, 0) is 9.53 Å². The van der Waals surface area contributed by atoms with Crippen LogP contribution < -0.4 is 10.6 Å². The van der Waals surface area contributed by atoms with Gasteiger partial charge in [0, 0.05) is 25.7 Å². The van der Waals surface area contributed by atoms with Crippen LogP contribution in [0.1, 0.15) is 52.4 Å². The van der Waals surface area contributed by atoms with E-state index in [9.17, 15) is 4.79 Å². The van der Waals surface area contributed by atoms with Gasteiger partial charge in [0.1, 0.15) is 6.10 Å². The minimum Gasteiger partial charge on any atom is -0.369 e. The first kappa shape index (κ1) is 15.4. The van der Waals surface area contributed by atoms with Gasteiger partial charge in [0.15, 0.2) is 0 Å². The number of hydrogen-bond acceptors (Lipinski definition) is 3. The van der Waals surface area contributed by atoms with Crippen LogP contribution in [0.3, 0.4) is 0 Å². The van der Waals surface area contributed by atoms with Gasteiger partial charge in [-0.05, 0) is 26.7 Å². The van der Waals surface area contributed by atoms with Crippen molar-refractivity contribution >= 4 is 5.91 Å². The van der Waals surface area contributed by atoms with Crippen molar-refractivity contribution in [2.75, 3.05) is 19.7 Å². The number of rotatable bonds is 7. The number of carbonyl (C=O) groups excluding carboxylic acids is 1. The van der Waals surface area contributed by atoms with Crippen LogP contribution in [-0.4, -0.2) is 37.7 Å². The van der Waals surface area contributed by atoms with Crippen LogP contribution in [0.2, 0.25) is 0 Å². The third kappa shape index (κ3) is 6.36. The Labute approximate surface area is 111 Å². The van der Waals surface area contributed by atoms with Crippen molar-refractivity contribution < 1.29 is 9.53 Å². The Morgan fingerprint density at radius 3 is 2.50 bits per heavy atom. The molecule has 1 aliphatic rings. The van der Waals surface area contributed by atoms with Gasteiger partial charge in [0.2, 0.25) is 5.91 Å². The van der Waals surface area contributed by atoms with Gasteiger partial charge in [-0.15, -0.1) is 0 Å². The molecule has 1 unspecified atom stereocenters. The SMILES string of the molecule is CCOC(C)C(=O)NCCNC1CCCCCC1. The van der Waals surface area contributed by atoms with E-state index >= 15 is 0 Å². The van der Waals surface area contributed by atoms with E-state index in [2.05, 4.69) is 10.6 Å². The van der Waals surface area contributed by atoms with Crippen molar-refractivity contribution in [1.82, 2.24) is 10.6 Å². The van der Waals surface area contributed by atoms with Crippen LogP contribution in [0.4, 0.5) is 0 Å². The molecular formula is C14H28N2O2. The summed E-state index contributed by atoms with van der Waals surface area (Å²) in [5, 5.41) is 6.43. The average Bonchev–Trinajstić information content (AvgIpc) is 2.63. The molecule has 2 N–H and O–H groups in total. The highest BCUT2D eigenvalue weighted by molar-refractivity contribution is 5.80. The summed E-state index contributed by atoms with van der Waals surface area (Å²) in [7, 11) is 0. The molecule has 0 spiro atoms. The standard InChI is InChI=1S/C14H28N2O2/c1-3-18-12(2)14(17)16-11-10-15-13-8-6-4-5-7-9-13/h12-13,15H,3-11H2,1-2H3,(H,16,17). The van der Waals surface area contributed by atoms with Gasteiger partial charge < -0.3 is 15.4 Å². The summed E-state index contributed by atoms with van der Waals surface area (Å²) in [5.74, 6) is -0.0143. The third-order valence-corrected chi connectivity index (χ3v) is 3.50. The van der Waals surface area contributed by atoms with Crippen LogP contribution in [0.15, 0.2) is 0 Å². The normalized spacial score (nSPS) is 19.2. The Morgan fingerprint density at radius 1 is 1.22 bits per heavy atom. The van der Waals surface area contributed by atoms with Crippen LogP contribution in [0.5, 0.6) is 0 Å². The van der Waals surface area contributed by atoms with Crippen LogP contribution in [0, 0.1) is 0 Å². The first-order chi connectivity index (χ1) is 8.74. The number of carbonyl (C=O) groups is 1. The Kier molecular flexibility index (Phi) is 8.01. The molecule has 1 amide bonds. The maximum absolute atomic E-state index is 11.6. The molecule has 0 radical (unpaired) electrons. The average molecular weight is 256 g/mol. The number of hydrogen-bond donors (Lipinski definition) is 2. The zero-order chi connectivity index (χ0) is 13.2. The smallest absolute Gasteiger partial charge is 0.248 e. The number of ether oxygens (including phenoxy) is 1. The molecule has 0 heterocycles. The molecule has 1 fully saturated rings. The summed E-state index contributed by atoms with van der Waals surface area (Å²) in [6.45, 7) is 5.81. The lowest BCUT2D eigenvalue weighted by molar-refractivity contribution is -0.131. The zero-order valence-electron chi connectivity index (χ0n) is 11.8. The first-order valence-corrected chi connectivity index (χ1v) is 7.36. The van der Waals surface area contributed by atoms with Crippen LogP contribution in [0.25, 0.3) is 0 Å². The maximum Gasteiger partial charge on any atom is 0.248 e. The number of nitrogens with one attached hydrogen (secondary N) is 2. The van der Waals surface area contributed by atoms with Gasteiger partial charge in [-0.1, -0.05) is 25.7 Å². The van der Waals surface area contributed by atoms with E-state index in [4.69, 9.17) is 4.74 Å². The lowest BCUT2D eigenvalue weighted by Crippen LogP contribution is -2.40. The van der Waals surface area contributed by atoms with Crippen molar-refractivity contribution in [2.45, 2.75) is 64.5 Å². The fourth-order valence-corrected chi connectivity index (χ4v) is 2.41.